The molecular formula is C9H12NO2. The summed E-state index contributed by atoms with van der Waals surface area (Å²) in [7, 11) is 0. The largest absolute Gasteiger partial charge is 0.377 e. The summed E-state index contributed by atoms with van der Waals surface area (Å²) in [5.41, 5.74) is 1.04. The van der Waals surface area contributed by atoms with E-state index in [4.69, 9.17) is 4.74 Å². The maximum absolute atomic E-state index is 10.0. The summed E-state index contributed by atoms with van der Waals surface area (Å²) in [5.74, 6) is 0. The van der Waals surface area contributed by atoms with E-state index in [2.05, 4.69) is 4.98 Å². The highest BCUT2D eigenvalue weighted by atomic mass is 16.5. The lowest BCUT2D eigenvalue weighted by Gasteiger charge is -2.01. The molecule has 0 saturated carbocycles. The molecule has 0 aliphatic rings. The lowest BCUT2D eigenvalue weighted by atomic mass is 10.3. The molecule has 0 spiro atoms. The summed E-state index contributed by atoms with van der Waals surface area (Å²) in [6, 6.07) is 3.82. The second-order valence-electron chi connectivity index (χ2n) is 2.47. The van der Waals surface area contributed by atoms with Gasteiger partial charge in [0, 0.05) is 19.0 Å². The third-order valence-electron chi connectivity index (χ3n) is 1.42. The molecule has 1 rings (SSSR count). The minimum absolute atomic E-state index is 0.0625. The Morgan fingerprint density at radius 1 is 1.50 bits per heavy atom. The highest BCUT2D eigenvalue weighted by Gasteiger charge is 1.91. The van der Waals surface area contributed by atoms with Crippen LogP contribution in [-0.2, 0) is 16.5 Å². The molecular weight excluding hydrogens is 154 g/mol. The molecule has 1 radical (unpaired) electrons. The highest BCUT2D eigenvalue weighted by molar-refractivity contribution is 5.06. The van der Waals surface area contributed by atoms with E-state index in [1.807, 2.05) is 12.1 Å². The third kappa shape index (κ3) is 3.46. The van der Waals surface area contributed by atoms with Gasteiger partial charge in [-0.2, -0.15) is 0 Å². The van der Waals surface area contributed by atoms with Crippen LogP contribution in [-0.4, -0.2) is 18.2 Å². The second kappa shape index (κ2) is 5.69. The van der Waals surface area contributed by atoms with E-state index in [1.165, 1.54) is 0 Å². The number of rotatable bonds is 5. The minimum Gasteiger partial charge on any atom is -0.377 e. The Labute approximate surface area is 72.0 Å². The molecule has 1 heterocycles. The summed E-state index contributed by atoms with van der Waals surface area (Å²) >= 11 is 0. The van der Waals surface area contributed by atoms with Gasteiger partial charge in [-0.1, -0.05) is 6.07 Å². The van der Waals surface area contributed by atoms with Crippen LogP contribution in [0.2, 0.25) is 0 Å². The first-order chi connectivity index (χ1) is 5.93. The number of hydrogen-bond acceptors (Lipinski definition) is 2. The third-order valence-corrected chi connectivity index (χ3v) is 1.42. The predicted molar refractivity (Wildman–Crippen MR) is 44.1 cm³/mol. The molecule has 0 atom stereocenters. The van der Waals surface area contributed by atoms with Crippen molar-refractivity contribution >= 4 is 0 Å². The van der Waals surface area contributed by atoms with Crippen LogP contribution in [0.25, 0.3) is 0 Å². The highest BCUT2D eigenvalue weighted by Crippen LogP contribution is 1.98. The molecule has 0 fully saturated rings. The lowest BCUT2D eigenvalue weighted by Crippen LogP contribution is -1.97. The van der Waals surface area contributed by atoms with Crippen molar-refractivity contribution in [1.29, 1.82) is 0 Å². The first-order valence-corrected chi connectivity index (χ1v) is 3.98. The fraction of sp³-hybridized carbons (Fsp3) is 0.444. The predicted octanol–water partition coefficient (Wildman–Crippen LogP) is 1.42. The average Bonchev–Trinajstić information content (AvgIpc) is 2.14. The smallest absolute Gasteiger partial charge is 0.0844 e. The van der Waals surface area contributed by atoms with Gasteiger partial charge in [0.05, 0.1) is 13.2 Å². The Morgan fingerprint density at radius 3 is 3.08 bits per heavy atom. The molecule has 0 aliphatic heterocycles. The Balaban J connectivity index is 2.16. The van der Waals surface area contributed by atoms with E-state index in [9.17, 15) is 5.11 Å². The molecule has 3 nitrogen and oxygen atoms in total. The van der Waals surface area contributed by atoms with Crippen molar-refractivity contribution in [3.8, 4) is 0 Å². The van der Waals surface area contributed by atoms with Crippen LogP contribution in [0.4, 0.5) is 0 Å². The van der Waals surface area contributed by atoms with Crippen LogP contribution in [0.1, 0.15) is 12.0 Å². The molecule has 0 aromatic carbocycles. The number of hydrogen-bond donors (Lipinski definition) is 0. The van der Waals surface area contributed by atoms with Crippen molar-refractivity contribution < 1.29 is 9.84 Å². The molecule has 12 heavy (non-hydrogen) atoms. The van der Waals surface area contributed by atoms with Crippen molar-refractivity contribution in [1.82, 2.24) is 4.98 Å². The van der Waals surface area contributed by atoms with Crippen LogP contribution in [0.3, 0.4) is 0 Å². The Kier molecular flexibility index (Phi) is 4.34. The zero-order valence-electron chi connectivity index (χ0n) is 6.90. The zero-order valence-corrected chi connectivity index (χ0v) is 6.90. The molecule has 0 bridgehead atoms. The topological polar surface area (TPSA) is 42.0 Å². The van der Waals surface area contributed by atoms with Gasteiger partial charge in [-0.25, -0.2) is 5.11 Å². The van der Waals surface area contributed by atoms with Gasteiger partial charge in [-0.15, -0.1) is 0 Å². The van der Waals surface area contributed by atoms with Gasteiger partial charge in [0.25, 0.3) is 0 Å². The fourth-order valence-electron chi connectivity index (χ4n) is 0.835. The fourth-order valence-corrected chi connectivity index (χ4v) is 0.835. The van der Waals surface area contributed by atoms with Crippen LogP contribution in [0.5, 0.6) is 0 Å². The van der Waals surface area contributed by atoms with Crippen LogP contribution >= 0.6 is 0 Å². The summed E-state index contributed by atoms with van der Waals surface area (Å²) in [6.07, 6.45) is 4.07. The van der Waals surface area contributed by atoms with Gasteiger partial charge in [0.1, 0.15) is 0 Å². The molecule has 0 saturated heterocycles. The van der Waals surface area contributed by atoms with Gasteiger partial charge >= 0.3 is 0 Å². The molecule has 1 aromatic heterocycles. The zero-order chi connectivity index (χ0) is 8.65. The second-order valence-corrected chi connectivity index (χ2v) is 2.47. The molecule has 0 unspecified atom stereocenters. The average molecular weight is 166 g/mol. The Hall–Kier alpha value is -0.930. The maximum atomic E-state index is 10.0. The number of ether oxygens (including phenoxy) is 1. The molecule has 3 heteroatoms. The van der Waals surface area contributed by atoms with E-state index in [0.29, 0.717) is 19.6 Å². The molecule has 0 N–H and O–H groups in total. The van der Waals surface area contributed by atoms with E-state index < -0.39 is 0 Å². The molecule has 1 aromatic rings. The Morgan fingerprint density at radius 2 is 2.42 bits per heavy atom. The first-order valence-electron chi connectivity index (χ1n) is 3.98. The normalized spacial score (nSPS) is 10.1. The molecule has 0 aliphatic carbocycles. The standard InChI is InChI=1S/C9H12NO2/c11-5-2-6-12-8-9-3-1-4-10-7-9/h1,3-4,7H,2,5-6,8H2. The van der Waals surface area contributed by atoms with Crippen LogP contribution < -0.4 is 0 Å². The SMILES string of the molecule is [O]CCCOCc1cccnc1. The number of pyridine rings is 1. The van der Waals surface area contributed by atoms with Gasteiger partial charge in [0.2, 0.25) is 0 Å². The van der Waals surface area contributed by atoms with Crippen molar-refractivity contribution in [2.75, 3.05) is 13.2 Å². The monoisotopic (exact) mass is 166 g/mol. The first kappa shape index (κ1) is 9.16. The number of nitrogens with zero attached hydrogens (tertiary/aromatic N) is 1. The van der Waals surface area contributed by atoms with Gasteiger partial charge in [0.15, 0.2) is 0 Å². The summed E-state index contributed by atoms with van der Waals surface area (Å²) in [6.45, 7) is 1.03. The van der Waals surface area contributed by atoms with Crippen molar-refractivity contribution in [2.24, 2.45) is 0 Å². The van der Waals surface area contributed by atoms with Crippen LogP contribution in [0, 0.1) is 0 Å². The van der Waals surface area contributed by atoms with Gasteiger partial charge < -0.3 is 4.74 Å². The van der Waals surface area contributed by atoms with Gasteiger partial charge in [-0.3, -0.25) is 4.98 Å². The lowest BCUT2D eigenvalue weighted by molar-refractivity contribution is 0.0892. The molecule has 0 amide bonds. The summed E-state index contributed by atoms with van der Waals surface area (Å²) < 4.78 is 5.22. The van der Waals surface area contributed by atoms with Crippen molar-refractivity contribution in [2.45, 2.75) is 13.0 Å². The Bertz CT molecular complexity index is 201. The van der Waals surface area contributed by atoms with E-state index in [-0.39, 0.29) is 6.61 Å². The van der Waals surface area contributed by atoms with E-state index >= 15 is 0 Å². The number of aromatic nitrogens is 1. The van der Waals surface area contributed by atoms with E-state index in [1.54, 1.807) is 12.4 Å². The van der Waals surface area contributed by atoms with Crippen LogP contribution in [0.15, 0.2) is 24.5 Å². The quantitative estimate of drug-likeness (QED) is 0.621. The van der Waals surface area contributed by atoms with Crippen molar-refractivity contribution in [3.05, 3.63) is 30.1 Å². The van der Waals surface area contributed by atoms with Crippen molar-refractivity contribution in [3.63, 3.8) is 0 Å². The van der Waals surface area contributed by atoms with Gasteiger partial charge in [-0.05, 0) is 18.1 Å². The molecule has 65 valence electrons. The van der Waals surface area contributed by atoms with E-state index in [0.717, 1.165) is 5.56 Å². The summed E-state index contributed by atoms with van der Waals surface area (Å²) in [4.78, 5) is 3.94. The minimum atomic E-state index is -0.0625. The summed E-state index contributed by atoms with van der Waals surface area (Å²) in [5, 5.41) is 10.0. The maximum Gasteiger partial charge on any atom is 0.0844 e.